The van der Waals surface area contributed by atoms with E-state index in [0.717, 1.165) is 58.5 Å². The lowest BCUT2D eigenvalue weighted by atomic mass is 10.0. The van der Waals surface area contributed by atoms with E-state index < -0.39 is 0 Å². The molecule has 5 rings (SSSR count). The lowest BCUT2D eigenvalue weighted by molar-refractivity contribution is 0.0952. The second-order valence-corrected chi connectivity index (χ2v) is 9.31. The number of phenolic OH excluding ortho intramolecular Hbond substituents is 1. The van der Waals surface area contributed by atoms with Gasteiger partial charge in [-0.05, 0) is 59.9 Å². The first-order valence-electron chi connectivity index (χ1n) is 11.9. The van der Waals surface area contributed by atoms with E-state index >= 15 is 0 Å². The van der Waals surface area contributed by atoms with Gasteiger partial charge < -0.3 is 15.4 Å². The van der Waals surface area contributed by atoms with Gasteiger partial charge in [-0.1, -0.05) is 60.2 Å². The molecule has 6 heteroatoms. The maximum Gasteiger partial charge on any atom is 0.251 e. The number of aromatic amines is 1. The monoisotopic (exact) mass is 485 g/mol. The molecular weight excluding hydrogens is 458 g/mol. The number of hydrogen-bond acceptors (Lipinski definition) is 3. The Morgan fingerprint density at radius 3 is 2.83 bits per heavy atom. The minimum absolute atomic E-state index is 0.0504. The Bertz CT molecular complexity index is 1390. The number of hydrogen-bond donors (Lipinski definition) is 3. The Hall–Kier alpha value is -3.54. The predicted molar refractivity (Wildman–Crippen MR) is 142 cm³/mol. The number of aromatic nitrogens is 1. The standard InChI is InChI=1S/C29H28ClN3O2/c30-26-11-4-2-7-20(26)8-5-6-15-31-29(35)23-10-3-1-9-21(23)18-33-16-14-24-25-17-22(34)12-13-27(25)32-28(24)19-33/h1-5,7-13,17,32,34H,6,14-16,18-19H2,(H,31,35)/b8-5+. The van der Waals surface area contributed by atoms with Crippen LogP contribution in [0, 0.1) is 0 Å². The summed E-state index contributed by atoms with van der Waals surface area (Å²) in [5.74, 6) is 0.242. The quantitative estimate of drug-likeness (QED) is 0.285. The average Bonchev–Trinajstić information content (AvgIpc) is 3.22. The fraction of sp³-hybridized carbons (Fsp3) is 0.207. The van der Waals surface area contributed by atoms with Gasteiger partial charge in [0.2, 0.25) is 0 Å². The number of aromatic hydroxyl groups is 1. The van der Waals surface area contributed by atoms with Crippen LogP contribution in [0.25, 0.3) is 17.0 Å². The third-order valence-corrected chi connectivity index (χ3v) is 6.84. The average molecular weight is 486 g/mol. The molecule has 3 aromatic carbocycles. The molecular formula is C29H28ClN3O2. The number of phenols is 1. The van der Waals surface area contributed by atoms with E-state index in [1.165, 1.54) is 11.3 Å². The van der Waals surface area contributed by atoms with E-state index in [2.05, 4.69) is 15.2 Å². The van der Waals surface area contributed by atoms with Gasteiger partial charge in [0, 0.05) is 53.4 Å². The number of nitrogens with one attached hydrogen (secondary N) is 2. The van der Waals surface area contributed by atoms with Crippen molar-refractivity contribution in [1.29, 1.82) is 0 Å². The molecule has 0 saturated heterocycles. The second-order valence-electron chi connectivity index (χ2n) is 8.90. The summed E-state index contributed by atoms with van der Waals surface area (Å²) in [7, 11) is 0. The topological polar surface area (TPSA) is 68.4 Å². The van der Waals surface area contributed by atoms with Crippen LogP contribution in [0.3, 0.4) is 0 Å². The van der Waals surface area contributed by atoms with E-state index in [9.17, 15) is 9.90 Å². The summed E-state index contributed by atoms with van der Waals surface area (Å²) >= 11 is 6.18. The highest BCUT2D eigenvalue weighted by Crippen LogP contribution is 2.30. The van der Waals surface area contributed by atoms with Crippen molar-refractivity contribution in [2.75, 3.05) is 13.1 Å². The molecule has 2 heterocycles. The van der Waals surface area contributed by atoms with E-state index in [1.54, 1.807) is 6.07 Å². The van der Waals surface area contributed by atoms with Crippen molar-refractivity contribution in [3.8, 4) is 5.75 Å². The summed E-state index contributed by atoms with van der Waals surface area (Å²) in [5, 5.41) is 14.7. The summed E-state index contributed by atoms with van der Waals surface area (Å²) in [5.41, 5.74) is 6.23. The first kappa shape index (κ1) is 23.2. The number of H-pyrrole nitrogens is 1. The molecule has 0 spiro atoms. The van der Waals surface area contributed by atoms with Crippen LogP contribution in [0.1, 0.15) is 39.2 Å². The van der Waals surface area contributed by atoms with E-state index in [-0.39, 0.29) is 5.91 Å². The first-order chi connectivity index (χ1) is 17.1. The van der Waals surface area contributed by atoms with E-state index in [4.69, 9.17) is 11.6 Å². The van der Waals surface area contributed by atoms with Crippen molar-refractivity contribution in [3.63, 3.8) is 0 Å². The third kappa shape index (κ3) is 5.26. The van der Waals surface area contributed by atoms with Gasteiger partial charge in [0.25, 0.3) is 5.91 Å². The molecule has 0 radical (unpaired) electrons. The van der Waals surface area contributed by atoms with E-state index in [1.807, 2.05) is 72.8 Å². The third-order valence-electron chi connectivity index (χ3n) is 6.49. The molecule has 1 aromatic heterocycles. The van der Waals surface area contributed by atoms with Crippen molar-refractivity contribution in [2.45, 2.75) is 25.9 Å². The molecule has 0 unspecified atom stereocenters. The summed E-state index contributed by atoms with van der Waals surface area (Å²) in [6.07, 6.45) is 5.64. The van der Waals surface area contributed by atoms with Crippen LogP contribution >= 0.6 is 11.6 Å². The molecule has 1 aliphatic heterocycles. The van der Waals surface area contributed by atoms with Crippen LogP contribution in [0.4, 0.5) is 0 Å². The molecule has 0 aliphatic carbocycles. The second kappa shape index (κ2) is 10.4. The molecule has 1 aliphatic rings. The molecule has 0 bridgehead atoms. The Morgan fingerprint density at radius 1 is 1.11 bits per heavy atom. The lowest BCUT2D eigenvalue weighted by Gasteiger charge is -2.27. The maximum atomic E-state index is 12.9. The Labute approximate surface area is 210 Å². The Balaban J connectivity index is 1.20. The molecule has 35 heavy (non-hydrogen) atoms. The number of carbonyl (C=O) groups excluding carboxylic acids is 1. The highest BCUT2D eigenvalue weighted by atomic mass is 35.5. The number of nitrogens with zero attached hydrogens (tertiary/aromatic N) is 1. The van der Waals surface area contributed by atoms with Crippen LogP contribution < -0.4 is 5.32 Å². The van der Waals surface area contributed by atoms with Crippen molar-refractivity contribution in [3.05, 3.63) is 106 Å². The normalized spacial score (nSPS) is 13.9. The molecule has 5 nitrogen and oxygen atoms in total. The highest BCUT2D eigenvalue weighted by Gasteiger charge is 2.22. The largest absolute Gasteiger partial charge is 0.508 e. The van der Waals surface area contributed by atoms with Gasteiger partial charge in [-0.3, -0.25) is 9.69 Å². The van der Waals surface area contributed by atoms with Gasteiger partial charge in [0.1, 0.15) is 5.75 Å². The molecule has 0 atom stereocenters. The van der Waals surface area contributed by atoms with Gasteiger partial charge in [-0.2, -0.15) is 0 Å². The van der Waals surface area contributed by atoms with Crippen LogP contribution in [0.15, 0.2) is 72.8 Å². The fourth-order valence-electron chi connectivity index (χ4n) is 4.72. The number of amides is 1. The smallest absolute Gasteiger partial charge is 0.251 e. The van der Waals surface area contributed by atoms with Gasteiger partial charge in [0.05, 0.1) is 0 Å². The van der Waals surface area contributed by atoms with Gasteiger partial charge in [-0.25, -0.2) is 0 Å². The molecule has 0 fully saturated rings. The van der Waals surface area contributed by atoms with Gasteiger partial charge in [-0.15, -0.1) is 0 Å². The summed E-state index contributed by atoms with van der Waals surface area (Å²) in [6, 6.07) is 21.0. The van der Waals surface area contributed by atoms with Crippen molar-refractivity contribution in [2.24, 2.45) is 0 Å². The fourth-order valence-corrected chi connectivity index (χ4v) is 4.92. The van der Waals surface area contributed by atoms with E-state index in [0.29, 0.717) is 18.8 Å². The lowest BCUT2D eigenvalue weighted by Crippen LogP contribution is -2.31. The number of fused-ring (bicyclic) bond motifs is 3. The van der Waals surface area contributed by atoms with Gasteiger partial charge >= 0.3 is 0 Å². The zero-order valence-electron chi connectivity index (χ0n) is 19.4. The molecule has 4 aromatic rings. The molecule has 0 saturated carbocycles. The van der Waals surface area contributed by atoms with Crippen LogP contribution in [-0.4, -0.2) is 34.0 Å². The highest BCUT2D eigenvalue weighted by molar-refractivity contribution is 6.32. The summed E-state index contributed by atoms with van der Waals surface area (Å²) in [4.78, 5) is 18.8. The molecule has 3 N–H and O–H groups in total. The van der Waals surface area contributed by atoms with Crippen LogP contribution in [0.5, 0.6) is 5.75 Å². The predicted octanol–water partition coefficient (Wildman–Crippen LogP) is 5.92. The van der Waals surface area contributed by atoms with Crippen molar-refractivity contribution in [1.82, 2.24) is 15.2 Å². The molecule has 178 valence electrons. The summed E-state index contributed by atoms with van der Waals surface area (Å²) < 4.78 is 0. The molecule has 1 amide bonds. The van der Waals surface area contributed by atoms with Crippen molar-refractivity contribution >= 4 is 34.5 Å². The Kier molecular flexibility index (Phi) is 6.89. The number of halogens is 1. The minimum Gasteiger partial charge on any atom is -0.508 e. The van der Waals surface area contributed by atoms with Crippen LogP contribution in [-0.2, 0) is 19.5 Å². The first-order valence-corrected chi connectivity index (χ1v) is 12.3. The number of benzene rings is 3. The Morgan fingerprint density at radius 2 is 1.94 bits per heavy atom. The number of rotatable bonds is 7. The van der Waals surface area contributed by atoms with Gasteiger partial charge in [0.15, 0.2) is 0 Å². The van der Waals surface area contributed by atoms with Crippen LogP contribution in [0.2, 0.25) is 5.02 Å². The zero-order valence-corrected chi connectivity index (χ0v) is 20.2. The SMILES string of the molecule is O=C(NCC/C=C/c1ccccc1Cl)c1ccccc1CN1CCc2c([nH]c3ccc(O)cc23)C1. The number of carbonyl (C=O) groups is 1. The maximum absolute atomic E-state index is 12.9. The zero-order chi connectivity index (χ0) is 24.2. The minimum atomic E-state index is -0.0504. The van der Waals surface area contributed by atoms with Crippen molar-refractivity contribution < 1.29 is 9.90 Å². The summed E-state index contributed by atoms with van der Waals surface area (Å²) in [6.45, 7) is 2.95.